The van der Waals surface area contributed by atoms with Gasteiger partial charge >= 0.3 is 5.97 Å². The molecule has 2 aliphatic rings. The molecule has 2 rings (SSSR count). The van der Waals surface area contributed by atoms with E-state index in [9.17, 15) is 9.59 Å². The summed E-state index contributed by atoms with van der Waals surface area (Å²) < 4.78 is 4.68. The van der Waals surface area contributed by atoms with Crippen LogP contribution in [0.15, 0.2) is 28.5 Å². The zero-order valence-electron chi connectivity index (χ0n) is 9.06. The molecule has 0 fully saturated rings. The number of ether oxygens (including phenoxy) is 1. The fourth-order valence-electron chi connectivity index (χ4n) is 1.99. The number of hydrogen-bond donors (Lipinski definition) is 1. The number of carbonyl (C=O) groups excluding carboxylic acids is 2. The van der Waals surface area contributed by atoms with Gasteiger partial charge in [-0.2, -0.15) is 0 Å². The first kappa shape index (κ1) is 10.6. The molecule has 2 aliphatic heterocycles. The maximum atomic E-state index is 11.6. The number of rotatable bonds is 1. The van der Waals surface area contributed by atoms with Gasteiger partial charge in [-0.3, -0.25) is 9.79 Å². The number of methoxy groups -OCH3 is 1. The average Bonchev–Trinajstić information content (AvgIpc) is 2.32. The lowest BCUT2D eigenvalue weighted by Crippen LogP contribution is -2.41. The van der Waals surface area contributed by atoms with E-state index in [0.29, 0.717) is 5.57 Å². The van der Waals surface area contributed by atoms with Crippen molar-refractivity contribution < 1.29 is 14.3 Å². The predicted octanol–water partition coefficient (Wildman–Crippen LogP) is 0.394. The Morgan fingerprint density at radius 2 is 2.31 bits per heavy atom. The molecule has 1 N–H and O–H groups in total. The Balaban J connectivity index is 2.41. The summed E-state index contributed by atoms with van der Waals surface area (Å²) in [4.78, 5) is 27.1. The molecule has 2 unspecified atom stereocenters. The molecule has 0 radical (unpaired) electrons. The molecule has 5 nitrogen and oxygen atoms in total. The van der Waals surface area contributed by atoms with Crippen LogP contribution >= 0.6 is 0 Å². The smallest absolute Gasteiger partial charge is 0.335 e. The van der Waals surface area contributed by atoms with Crippen LogP contribution in [0.4, 0.5) is 0 Å². The van der Waals surface area contributed by atoms with Crippen LogP contribution in [0, 0.1) is 11.8 Å². The zero-order valence-corrected chi connectivity index (χ0v) is 9.06. The summed E-state index contributed by atoms with van der Waals surface area (Å²) >= 11 is 0. The molecule has 0 spiro atoms. The Kier molecular flexibility index (Phi) is 2.60. The average molecular weight is 220 g/mol. The number of amides is 1. The monoisotopic (exact) mass is 220 g/mol. The van der Waals surface area contributed by atoms with Crippen molar-refractivity contribution in [1.29, 1.82) is 0 Å². The summed E-state index contributed by atoms with van der Waals surface area (Å²) in [5, 5.41) is 2.64. The van der Waals surface area contributed by atoms with Crippen molar-refractivity contribution >= 4 is 18.1 Å². The lowest BCUT2D eigenvalue weighted by molar-refractivity contribution is -0.136. The summed E-state index contributed by atoms with van der Waals surface area (Å²) in [5.41, 5.74) is 1.35. The van der Waals surface area contributed by atoms with Crippen LogP contribution < -0.4 is 5.32 Å². The molecule has 0 aromatic carbocycles. The van der Waals surface area contributed by atoms with Crippen molar-refractivity contribution in [3.05, 3.63) is 23.5 Å². The van der Waals surface area contributed by atoms with Gasteiger partial charge in [0.1, 0.15) is 0 Å². The molecule has 1 amide bonds. The Labute approximate surface area is 92.9 Å². The normalized spacial score (nSPS) is 27.5. The van der Waals surface area contributed by atoms with Crippen molar-refractivity contribution in [1.82, 2.24) is 5.32 Å². The molecule has 0 saturated carbocycles. The predicted molar refractivity (Wildman–Crippen MR) is 57.5 cm³/mol. The fourth-order valence-corrected chi connectivity index (χ4v) is 1.99. The van der Waals surface area contributed by atoms with Crippen LogP contribution in [0.25, 0.3) is 0 Å². The maximum Gasteiger partial charge on any atom is 0.335 e. The van der Waals surface area contributed by atoms with Crippen molar-refractivity contribution in [3.8, 4) is 0 Å². The number of hydrogen-bond acceptors (Lipinski definition) is 4. The summed E-state index contributed by atoms with van der Waals surface area (Å²) in [6.07, 6.45) is 4.64. The lowest BCUT2D eigenvalue weighted by Gasteiger charge is -2.30. The molecule has 16 heavy (non-hydrogen) atoms. The van der Waals surface area contributed by atoms with E-state index in [4.69, 9.17) is 0 Å². The Morgan fingerprint density at radius 1 is 1.56 bits per heavy atom. The van der Waals surface area contributed by atoms with Crippen molar-refractivity contribution in [2.45, 2.75) is 6.92 Å². The van der Waals surface area contributed by atoms with E-state index in [-0.39, 0.29) is 11.8 Å². The highest BCUT2D eigenvalue weighted by Gasteiger charge is 2.38. The quantitative estimate of drug-likeness (QED) is 0.650. The van der Waals surface area contributed by atoms with E-state index in [1.54, 1.807) is 12.4 Å². The third kappa shape index (κ3) is 1.54. The van der Waals surface area contributed by atoms with Gasteiger partial charge in [-0.1, -0.05) is 0 Å². The number of esters is 1. The van der Waals surface area contributed by atoms with E-state index < -0.39 is 11.9 Å². The molecule has 0 aromatic heterocycles. The van der Waals surface area contributed by atoms with Crippen LogP contribution in [0.3, 0.4) is 0 Å². The highest BCUT2D eigenvalue weighted by molar-refractivity contribution is 6.01. The summed E-state index contributed by atoms with van der Waals surface area (Å²) in [7, 11) is 1.32. The van der Waals surface area contributed by atoms with Crippen LogP contribution in [-0.2, 0) is 14.3 Å². The molecule has 0 saturated heterocycles. The van der Waals surface area contributed by atoms with E-state index in [1.807, 2.05) is 6.92 Å². The van der Waals surface area contributed by atoms with Gasteiger partial charge < -0.3 is 10.1 Å². The Hall–Kier alpha value is -1.91. The van der Waals surface area contributed by atoms with Gasteiger partial charge in [-0.05, 0) is 12.5 Å². The second-order valence-corrected chi connectivity index (χ2v) is 3.77. The van der Waals surface area contributed by atoms with Crippen LogP contribution in [0.1, 0.15) is 6.92 Å². The van der Waals surface area contributed by atoms with E-state index >= 15 is 0 Å². The van der Waals surface area contributed by atoms with Gasteiger partial charge in [0.05, 0.1) is 18.6 Å². The standard InChI is InChI=1S/C11H12N2O3/c1-6-3-13-10(14)7-4-12-5-8(9(6)7)11(15)16-2/h3-5,7,9H,1-2H3,(H,13,14). The highest BCUT2D eigenvalue weighted by atomic mass is 16.5. The molecule has 2 heterocycles. The highest BCUT2D eigenvalue weighted by Crippen LogP contribution is 2.33. The second kappa shape index (κ2) is 3.92. The van der Waals surface area contributed by atoms with Gasteiger partial charge in [-0.15, -0.1) is 0 Å². The van der Waals surface area contributed by atoms with Crippen molar-refractivity contribution in [3.63, 3.8) is 0 Å². The van der Waals surface area contributed by atoms with Gasteiger partial charge in [0.25, 0.3) is 0 Å². The van der Waals surface area contributed by atoms with E-state index in [0.717, 1.165) is 5.57 Å². The zero-order chi connectivity index (χ0) is 11.7. The Morgan fingerprint density at radius 3 is 3.00 bits per heavy atom. The number of aliphatic imine (C=N–C) groups is 1. The molecular formula is C11H12N2O3. The molecule has 0 aromatic rings. The minimum Gasteiger partial charge on any atom is -0.466 e. The largest absolute Gasteiger partial charge is 0.466 e. The lowest BCUT2D eigenvalue weighted by atomic mass is 9.78. The van der Waals surface area contributed by atoms with Crippen LogP contribution in [0.5, 0.6) is 0 Å². The molecule has 84 valence electrons. The fraction of sp³-hybridized carbons (Fsp3) is 0.364. The first-order valence-corrected chi connectivity index (χ1v) is 4.94. The van der Waals surface area contributed by atoms with Gasteiger partial charge in [0, 0.05) is 24.5 Å². The van der Waals surface area contributed by atoms with E-state index in [1.165, 1.54) is 13.3 Å². The third-order valence-corrected chi connectivity index (χ3v) is 2.81. The summed E-state index contributed by atoms with van der Waals surface area (Å²) in [6.45, 7) is 1.87. The SMILES string of the molecule is COC(=O)C1=CN=CC2C(=O)NC=C(C)C12. The molecular weight excluding hydrogens is 208 g/mol. The van der Waals surface area contributed by atoms with Crippen molar-refractivity contribution in [2.75, 3.05) is 7.11 Å². The van der Waals surface area contributed by atoms with Crippen molar-refractivity contribution in [2.24, 2.45) is 16.8 Å². The van der Waals surface area contributed by atoms with E-state index in [2.05, 4.69) is 15.0 Å². The Bertz CT molecular complexity index is 435. The first-order chi connectivity index (χ1) is 7.65. The number of nitrogens with one attached hydrogen (secondary N) is 1. The van der Waals surface area contributed by atoms with Gasteiger partial charge in [0.2, 0.25) is 5.91 Å². The minimum absolute atomic E-state index is 0.145. The number of nitrogens with zero attached hydrogens (tertiary/aromatic N) is 1. The molecule has 5 heteroatoms. The maximum absolute atomic E-state index is 11.6. The van der Waals surface area contributed by atoms with Gasteiger partial charge in [-0.25, -0.2) is 4.79 Å². The van der Waals surface area contributed by atoms with Gasteiger partial charge in [0.15, 0.2) is 0 Å². The number of allylic oxidation sites excluding steroid dienone is 1. The van der Waals surface area contributed by atoms with Crippen LogP contribution in [0.2, 0.25) is 0 Å². The second-order valence-electron chi connectivity index (χ2n) is 3.77. The molecule has 2 atom stereocenters. The van der Waals surface area contributed by atoms with Crippen LogP contribution in [-0.4, -0.2) is 25.2 Å². The minimum atomic E-state index is -0.436. The topological polar surface area (TPSA) is 67.8 Å². The number of fused-ring (bicyclic) bond motifs is 1. The third-order valence-electron chi connectivity index (χ3n) is 2.81. The summed E-state index contributed by atoms with van der Waals surface area (Å²) in [5.74, 6) is -1.24. The summed E-state index contributed by atoms with van der Waals surface area (Å²) in [6, 6.07) is 0. The number of carbonyl (C=O) groups is 2. The molecule has 0 bridgehead atoms. The molecule has 0 aliphatic carbocycles. The first-order valence-electron chi connectivity index (χ1n) is 4.94.